The molecule has 0 spiro atoms. The first-order valence-electron chi connectivity index (χ1n) is 7.85. The predicted molar refractivity (Wildman–Crippen MR) is 84.8 cm³/mol. The first-order chi connectivity index (χ1) is 10.6. The Balaban J connectivity index is 1.63. The summed E-state index contributed by atoms with van der Waals surface area (Å²) in [5.74, 6) is 1.40. The minimum Gasteiger partial charge on any atom is -0.367 e. The smallest absolute Gasteiger partial charge is 0.200 e. The monoisotopic (exact) mass is 304 g/mol. The Kier molecular flexibility index (Phi) is 4.49. The molecule has 1 N–H and O–H groups in total. The molecular formula is C14H24N8. The zero-order valence-corrected chi connectivity index (χ0v) is 13.5. The van der Waals surface area contributed by atoms with Crippen molar-refractivity contribution in [3.63, 3.8) is 0 Å². The summed E-state index contributed by atoms with van der Waals surface area (Å²) in [5, 5.41) is 19.1. The van der Waals surface area contributed by atoms with Crippen molar-refractivity contribution >= 4 is 11.5 Å². The normalized spacial score (nSPS) is 18.9. The number of nitrogens with one attached hydrogen (secondary N) is 1. The molecule has 22 heavy (non-hydrogen) atoms. The van der Waals surface area contributed by atoms with Gasteiger partial charge in [-0.05, 0) is 35.5 Å². The van der Waals surface area contributed by atoms with Crippen LogP contribution in [0.5, 0.6) is 0 Å². The van der Waals surface area contributed by atoms with E-state index < -0.39 is 0 Å². The Hall–Kier alpha value is -1.80. The number of hydrogen-bond donors (Lipinski definition) is 1. The van der Waals surface area contributed by atoms with Gasteiger partial charge in [0, 0.05) is 38.8 Å². The van der Waals surface area contributed by atoms with E-state index >= 15 is 0 Å². The van der Waals surface area contributed by atoms with E-state index in [9.17, 15) is 0 Å². The summed E-state index contributed by atoms with van der Waals surface area (Å²) in [6.45, 7) is 9.96. The van der Waals surface area contributed by atoms with E-state index in [1.165, 1.54) is 4.63 Å². The van der Waals surface area contributed by atoms with Crippen molar-refractivity contribution in [3.8, 4) is 0 Å². The highest BCUT2D eigenvalue weighted by molar-refractivity contribution is 5.42. The lowest BCUT2D eigenvalue weighted by molar-refractivity contribution is 0.0944. The van der Waals surface area contributed by atoms with Crippen LogP contribution in [0.4, 0.5) is 5.82 Å². The van der Waals surface area contributed by atoms with Crippen LogP contribution in [0.3, 0.4) is 0 Å². The third kappa shape index (κ3) is 3.33. The lowest BCUT2D eigenvalue weighted by Crippen LogP contribution is -2.52. The average Bonchev–Trinajstić information content (AvgIpc) is 2.96. The minimum absolute atomic E-state index is 0.500. The summed E-state index contributed by atoms with van der Waals surface area (Å²) >= 11 is 0. The van der Waals surface area contributed by atoms with Crippen LogP contribution in [-0.2, 0) is 0 Å². The average molecular weight is 304 g/mol. The molecule has 0 aliphatic carbocycles. The zero-order valence-electron chi connectivity index (χ0n) is 13.5. The van der Waals surface area contributed by atoms with Crippen LogP contribution >= 0.6 is 0 Å². The Morgan fingerprint density at radius 2 is 1.95 bits per heavy atom. The van der Waals surface area contributed by atoms with Gasteiger partial charge in [0.1, 0.15) is 5.82 Å². The predicted octanol–water partition coefficient (Wildman–Crippen LogP) is 0.203. The van der Waals surface area contributed by atoms with E-state index in [2.05, 4.69) is 56.6 Å². The molecule has 0 saturated carbocycles. The summed E-state index contributed by atoms with van der Waals surface area (Å²) < 4.78 is 1.45. The van der Waals surface area contributed by atoms with Gasteiger partial charge in [0.05, 0.1) is 0 Å². The van der Waals surface area contributed by atoms with Gasteiger partial charge in [-0.1, -0.05) is 13.8 Å². The number of aromatic nitrogens is 5. The van der Waals surface area contributed by atoms with E-state index in [-0.39, 0.29) is 0 Å². The van der Waals surface area contributed by atoms with Crippen LogP contribution in [0.25, 0.3) is 5.65 Å². The number of piperazine rings is 1. The van der Waals surface area contributed by atoms with Gasteiger partial charge in [0.15, 0.2) is 5.65 Å². The Labute approximate surface area is 130 Å². The van der Waals surface area contributed by atoms with Gasteiger partial charge in [0.2, 0.25) is 0 Å². The van der Waals surface area contributed by atoms with Gasteiger partial charge in [-0.2, -0.15) is 0 Å². The van der Waals surface area contributed by atoms with Crippen LogP contribution in [0, 0.1) is 5.92 Å². The summed E-state index contributed by atoms with van der Waals surface area (Å²) in [6.07, 6.45) is 0. The first kappa shape index (κ1) is 15.1. The fraction of sp³-hybridized carbons (Fsp3) is 0.714. The molecule has 0 radical (unpaired) electrons. The molecule has 1 atom stereocenters. The lowest BCUT2D eigenvalue weighted by Gasteiger charge is -2.40. The number of hydrogen-bond acceptors (Lipinski definition) is 7. The molecular weight excluding hydrogens is 280 g/mol. The van der Waals surface area contributed by atoms with Crippen LogP contribution in [0.2, 0.25) is 0 Å². The highest BCUT2D eigenvalue weighted by atomic mass is 15.6. The molecule has 0 amide bonds. The van der Waals surface area contributed by atoms with E-state index in [1.807, 2.05) is 12.1 Å². The molecule has 0 bridgehead atoms. The Morgan fingerprint density at radius 1 is 1.18 bits per heavy atom. The summed E-state index contributed by atoms with van der Waals surface area (Å²) in [6, 6.07) is 4.29. The largest absolute Gasteiger partial charge is 0.367 e. The van der Waals surface area contributed by atoms with Crippen molar-refractivity contribution in [1.29, 1.82) is 0 Å². The van der Waals surface area contributed by atoms with Gasteiger partial charge in [-0.3, -0.25) is 4.90 Å². The highest BCUT2D eigenvalue weighted by Crippen LogP contribution is 2.14. The molecule has 120 valence electrons. The molecule has 8 nitrogen and oxygen atoms in total. The second kappa shape index (κ2) is 6.53. The molecule has 0 unspecified atom stereocenters. The fourth-order valence-corrected chi connectivity index (χ4v) is 2.89. The van der Waals surface area contributed by atoms with Crippen molar-refractivity contribution in [2.45, 2.75) is 19.9 Å². The van der Waals surface area contributed by atoms with E-state index in [1.54, 1.807) is 0 Å². The molecule has 2 aromatic heterocycles. The maximum Gasteiger partial charge on any atom is 0.200 e. The molecule has 8 heteroatoms. The van der Waals surface area contributed by atoms with Crippen LogP contribution in [0.15, 0.2) is 12.1 Å². The van der Waals surface area contributed by atoms with Gasteiger partial charge in [-0.25, -0.2) is 0 Å². The second-order valence-electron chi connectivity index (χ2n) is 6.28. The number of tetrazole rings is 1. The highest BCUT2D eigenvalue weighted by Gasteiger charge is 2.24. The van der Waals surface area contributed by atoms with Gasteiger partial charge < -0.3 is 10.2 Å². The molecule has 3 rings (SSSR count). The zero-order chi connectivity index (χ0) is 15.5. The van der Waals surface area contributed by atoms with Crippen molar-refractivity contribution in [1.82, 2.24) is 35.1 Å². The molecule has 1 aliphatic rings. The number of likely N-dealkylation sites (N-methyl/N-ethyl adjacent to an activating group) is 1. The standard InChI is InChI=1S/C14H24N8/c1-11(2)12(21-8-6-20(3)7-9-21)10-15-13-4-5-14-16-18-19-22(14)17-13/h4-5,11-12H,6-10H2,1-3H3,(H,15,17)/t12-/m0/s1. The third-order valence-electron chi connectivity index (χ3n) is 4.34. The Morgan fingerprint density at radius 3 is 2.68 bits per heavy atom. The molecule has 1 saturated heterocycles. The number of anilines is 1. The number of rotatable bonds is 5. The Bertz CT molecular complexity index is 602. The summed E-state index contributed by atoms with van der Waals surface area (Å²) in [5.41, 5.74) is 0.657. The molecule has 1 fully saturated rings. The fourth-order valence-electron chi connectivity index (χ4n) is 2.89. The van der Waals surface area contributed by atoms with Gasteiger partial charge in [-0.15, -0.1) is 14.8 Å². The van der Waals surface area contributed by atoms with Crippen LogP contribution < -0.4 is 5.32 Å². The molecule has 1 aliphatic heterocycles. The van der Waals surface area contributed by atoms with Crippen LogP contribution in [-0.4, -0.2) is 80.9 Å². The first-order valence-corrected chi connectivity index (χ1v) is 7.85. The molecule has 3 heterocycles. The van der Waals surface area contributed by atoms with Crippen molar-refractivity contribution in [3.05, 3.63) is 12.1 Å². The van der Waals surface area contributed by atoms with Crippen molar-refractivity contribution in [2.24, 2.45) is 5.92 Å². The van der Waals surface area contributed by atoms with Crippen LogP contribution in [0.1, 0.15) is 13.8 Å². The van der Waals surface area contributed by atoms with Crippen molar-refractivity contribution in [2.75, 3.05) is 45.1 Å². The topological polar surface area (TPSA) is 74.5 Å². The second-order valence-corrected chi connectivity index (χ2v) is 6.28. The van der Waals surface area contributed by atoms with E-state index in [0.29, 0.717) is 17.6 Å². The van der Waals surface area contributed by atoms with E-state index in [4.69, 9.17) is 0 Å². The van der Waals surface area contributed by atoms with Gasteiger partial charge >= 0.3 is 0 Å². The van der Waals surface area contributed by atoms with E-state index in [0.717, 1.165) is 38.5 Å². The van der Waals surface area contributed by atoms with Gasteiger partial charge in [0.25, 0.3) is 0 Å². The summed E-state index contributed by atoms with van der Waals surface area (Å²) in [4.78, 5) is 4.96. The third-order valence-corrected chi connectivity index (χ3v) is 4.34. The SMILES string of the molecule is CC(C)[C@H](CNc1ccc2nnnn2n1)N1CCN(C)CC1. The number of fused-ring (bicyclic) bond motifs is 1. The number of nitrogens with zero attached hydrogens (tertiary/aromatic N) is 7. The maximum atomic E-state index is 4.37. The molecule has 0 aromatic carbocycles. The van der Waals surface area contributed by atoms with Crippen molar-refractivity contribution < 1.29 is 0 Å². The molecule has 2 aromatic rings. The maximum absolute atomic E-state index is 4.37. The quantitative estimate of drug-likeness (QED) is 0.846. The minimum atomic E-state index is 0.500. The lowest BCUT2D eigenvalue weighted by atomic mass is 10.0. The summed E-state index contributed by atoms with van der Waals surface area (Å²) in [7, 11) is 2.19.